The Balaban J connectivity index is 1.33. The molecule has 4 heterocycles. The molecule has 1 saturated heterocycles. The molecule has 11 nitrogen and oxygen atoms in total. The number of carbonyl (C=O) groups is 1. The first-order valence-electron chi connectivity index (χ1n) is 14.2. The van der Waals surface area contributed by atoms with Gasteiger partial charge < -0.3 is 19.7 Å². The maximum atomic E-state index is 15.6. The van der Waals surface area contributed by atoms with E-state index in [4.69, 9.17) is 9.47 Å². The number of aryl methyl sites for hydroxylation is 1. The zero-order valence-corrected chi connectivity index (χ0v) is 22.5. The molecule has 6 rings (SSSR count). The number of ether oxygens (including phenoxy) is 2. The molecule has 0 bridgehead atoms. The lowest BCUT2D eigenvalue weighted by Crippen LogP contribution is -2.37. The molecule has 0 atom stereocenters. The van der Waals surface area contributed by atoms with Crippen LogP contribution in [0, 0.1) is 11.7 Å². The number of fused-ring (bicyclic) bond motifs is 1. The van der Waals surface area contributed by atoms with Crippen molar-refractivity contribution in [1.29, 1.82) is 0 Å². The highest BCUT2D eigenvalue weighted by molar-refractivity contribution is 6.07. The molecule has 0 unspecified atom stereocenters. The van der Waals surface area contributed by atoms with Gasteiger partial charge in [0.25, 0.3) is 5.91 Å². The first-order chi connectivity index (χ1) is 19.6. The van der Waals surface area contributed by atoms with Gasteiger partial charge in [-0.3, -0.25) is 9.36 Å². The van der Waals surface area contributed by atoms with E-state index in [0.717, 1.165) is 49.3 Å². The Kier molecular flexibility index (Phi) is 7.76. The Morgan fingerprint density at radius 2 is 1.85 bits per heavy atom. The lowest BCUT2D eigenvalue weighted by atomic mass is 9.90. The molecule has 12 heteroatoms. The molecule has 212 valence electrons. The highest BCUT2D eigenvalue weighted by Crippen LogP contribution is 2.30. The van der Waals surface area contributed by atoms with Crippen LogP contribution < -0.4 is 20.6 Å². The summed E-state index contributed by atoms with van der Waals surface area (Å²) in [5.41, 5.74) is -0.401. The zero-order chi connectivity index (χ0) is 27.5. The zero-order valence-electron chi connectivity index (χ0n) is 22.5. The average molecular weight is 552 g/mol. The topological polar surface area (TPSA) is 116 Å². The van der Waals surface area contributed by atoms with E-state index < -0.39 is 17.4 Å². The number of aromatic nitrogens is 5. The van der Waals surface area contributed by atoms with Crippen LogP contribution in [0.25, 0.3) is 5.69 Å². The van der Waals surface area contributed by atoms with Crippen molar-refractivity contribution >= 4 is 17.5 Å². The number of anilines is 2. The molecule has 0 radical (unpaired) electrons. The van der Waals surface area contributed by atoms with Crippen LogP contribution in [0.2, 0.25) is 0 Å². The number of halogens is 1. The summed E-state index contributed by atoms with van der Waals surface area (Å²) in [7, 11) is 0. The van der Waals surface area contributed by atoms with Gasteiger partial charge >= 0.3 is 5.69 Å². The van der Waals surface area contributed by atoms with Crippen LogP contribution in [-0.2, 0) is 17.7 Å². The molecule has 2 aromatic heterocycles. The highest BCUT2D eigenvalue weighted by Gasteiger charge is 2.26. The highest BCUT2D eigenvalue weighted by atomic mass is 19.1. The number of amides is 1. The minimum atomic E-state index is -0.736. The van der Waals surface area contributed by atoms with Gasteiger partial charge in [0.15, 0.2) is 11.6 Å². The van der Waals surface area contributed by atoms with Crippen molar-refractivity contribution < 1.29 is 18.7 Å². The van der Waals surface area contributed by atoms with Crippen molar-refractivity contribution in [2.24, 2.45) is 5.92 Å². The Morgan fingerprint density at radius 1 is 1.05 bits per heavy atom. The molecule has 1 aliphatic carbocycles. The van der Waals surface area contributed by atoms with Gasteiger partial charge in [-0.2, -0.15) is 4.68 Å². The maximum Gasteiger partial charge on any atom is 0.350 e. The van der Waals surface area contributed by atoms with Crippen LogP contribution in [0.3, 0.4) is 0 Å². The minimum absolute atomic E-state index is 0.0210. The number of benzene rings is 1. The first kappa shape index (κ1) is 26.4. The summed E-state index contributed by atoms with van der Waals surface area (Å²) in [6.07, 6.45) is 11.1. The maximum absolute atomic E-state index is 15.6. The van der Waals surface area contributed by atoms with Gasteiger partial charge in [0.05, 0.1) is 25.4 Å². The van der Waals surface area contributed by atoms with E-state index in [2.05, 4.69) is 20.4 Å². The second kappa shape index (κ2) is 11.7. The number of nitrogens with one attached hydrogen (secondary N) is 1. The van der Waals surface area contributed by atoms with Crippen molar-refractivity contribution in [1.82, 2.24) is 24.3 Å². The van der Waals surface area contributed by atoms with E-state index in [1.165, 1.54) is 18.7 Å². The van der Waals surface area contributed by atoms with Crippen LogP contribution in [0.5, 0.6) is 5.75 Å². The van der Waals surface area contributed by atoms with Gasteiger partial charge in [-0.05, 0) is 37.7 Å². The monoisotopic (exact) mass is 551 g/mol. The molecule has 2 fully saturated rings. The molecule has 1 saturated carbocycles. The molecule has 1 amide bonds. The number of hydrogen-bond donors (Lipinski definition) is 1. The molecule has 3 aromatic rings. The molecular weight excluding hydrogens is 517 g/mol. The van der Waals surface area contributed by atoms with Gasteiger partial charge in [0.2, 0.25) is 0 Å². The number of rotatable bonds is 7. The smallest absolute Gasteiger partial charge is 0.350 e. The lowest BCUT2D eigenvalue weighted by molar-refractivity contribution is 0.102. The van der Waals surface area contributed by atoms with Gasteiger partial charge in [-0.15, -0.1) is 5.10 Å². The van der Waals surface area contributed by atoms with E-state index in [1.54, 1.807) is 10.8 Å². The van der Waals surface area contributed by atoms with E-state index in [0.29, 0.717) is 63.4 Å². The summed E-state index contributed by atoms with van der Waals surface area (Å²) in [6.45, 7) is 3.29. The number of nitrogens with zero attached hydrogens (tertiary/aromatic N) is 6. The first-order valence-corrected chi connectivity index (χ1v) is 14.2. The van der Waals surface area contributed by atoms with Crippen molar-refractivity contribution in [3.63, 3.8) is 0 Å². The van der Waals surface area contributed by atoms with Crippen molar-refractivity contribution in [2.75, 3.05) is 43.1 Å². The Bertz CT molecular complexity index is 1430. The minimum Gasteiger partial charge on any atom is -0.492 e. The third-order valence-corrected chi connectivity index (χ3v) is 7.91. The fraction of sp³-hybridized carbons (Fsp3) is 0.536. The third kappa shape index (κ3) is 5.45. The summed E-state index contributed by atoms with van der Waals surface area (Å²) in [5, 5.41) is 7.23. The van der Waals surface area contributed by atoms with E-state index in [1.807, 2.05) is 4.90 Å². The largest absolute Gasteiger partial charge is 0.492 e. The van der Waals surface area contributed by atoms with Gasteiger partial charge in [-0.1, -0.05) is 19.3 Å². The predicted molar refractivity (Wildman–Crippen MR) is 146 cm³/mol. The van der Waals surface area contributed by atoms with Crippen LogP contribution in [0.15, 0.2) is 29.3 Å². The van der Waals surface area contributed by atoms with Crippen LogP contribution in [0.1, 0.15) is 61.1 Å². The predicted octanol–water partition coefficient (Wildman–Crippen LogP) is 3.35. The average Bonchev–Trinajstić information content (AvgIpc) is 3.33. The molecule has 2 aliphatic heterocycles. The van der Waals surface area contributed by atoms with E-state index in [-0.39, 0.29) is 22.8 Å². The Hall–Kier alpha value is -3.80. The fourth-order valence-corrected chi connectivity index (χ4v) is 5.72. The second-order valence-electron chi connectivity index (χ2n) is 10.6. The van der Waals surface area contributed by atoms with Gasteiger partial charge in [0, 0.05) is 44.5 Å². The summed E-state index contributed by atoms with van der Waals surface area (Å²) in [4.78, 5) is 37.4. The standard InChI is InChI=1S/C28H34FN7O4/c29-21-16-20(27(37)32-25-26(31-10-9-30-25)34-12-14-39-15-13-34)23(40-18-19-6-2-1-3-7-19)17-22(21)36-28(38)35-11-5-4-8-24(35)33-36/h9-10,16-17,19H,1-8,11-15,18H2,(H,30,32,37). The Morgan fingerprint density at radius 3 is 2.65 bits per heavy atom. The molecule has 0 spiro atoms. The summed E-state index contributed by atoms with van der Waals surface area (Å²) >= 11 is 0. The third-order valence-electron chi connectivity index (χ3n) is 7.91. The summed E-state index contributed by atoms with van der Waals surface area (Å²) in [5.74, 6) is 0.685. The van der Waals surface area contributed by atoms with Crippen LogP contribution in [0.4, 0.5) is 16.0 Å². The molecule has 1 N–H and O–H groups in total. The second-order valence-corrected chi connectivity index (χ2v) is 10.6. The molecule has 3 aliphatic rings. The number of hydrogen-bond acceptors (Lipinski definition) is 8. The van der Waals surface area contributed by atoms with Crippen molar-refractivity contribution in [2.45, 2.75) is 57.9 Å². The van der Waals surface area contributed by atoms with Gasteiger partial charge in [-0.25, -0.2) is 19.2 Å². The van der Waals surface area contributed by atoms with E-state index >= 15 is 4.39 Å². The van der Waals surface area contributed by atoms with E-state index in [9.17, 15) is 9.59 Å². The van der Waals surface area contributed by atoms with Crippen molar-refractivity contribution in [3.05, 3.63) is 52.2 Å². The van der Waals surface area contributed by atoms with Gasteiger partial charge in [0.1, 0.15) is 23.1 Å². The molecular formula is C28H34FN7O4. The summed E-state index contributed by atoms with van der Waals surface area (Å²) < 4.78 is 29.9. The molecule has 1 aromatic carbocycles. The van der Waals surface area contributed by atoms with Crippen molar-refractivity contribution in [3.8, 4) is 11.4 Å². The Labute approximate surface area is 231 Å². The summed E-state index contributed by atoms with van der Waals surface area (Å²) in [6, 6.07) is 2.55. The fourth-order valence-electron chi connectivity index (χ4n) is 5.72. The normalized spacial score (nSPS) is 17.9. The number of carbonyl (C=O) groups excluding carboxylic acids is 1. The quantitative estimate of drug-likeness (QED) is 0.475. The van der Waals surface area contributed by atoms with Crippen LogP contribution in [-0.4, -0.2) is 63.1 Å². The van der Waals surface area contributed by atoms with Crippen LogP contribution >= 0.6 is 0 Å². The number of morpholine rings is 1. The molecule has 40 heavy (non-hydrogen) atoms. The lowest BCUT2D eigenvalue weighted by Gasteiger charge is -2.28. The SMILES string of the molecule is O=C(Nc1nccnc1N1CCOCC1)c1cc(F)c(-n2nc3n(c2=O)CCCC3)cc1OCC1CCCCC1.